The number of carbonyl (C=O) groups is 2. The van der Waals surface area contributed by atoms with Gasteiger partial charge in [-0.25, -0.2) is 9.59 Å². The molecule has 5 nitrogen and oxygen atoms in total. The molecule has 104 valence electrons. The fourth-order valence-corrected chi connectivity index (χ4v) is 2.26. The van der Waals surface area contributed by atoms with Gasteiger partial charge in [-0.2, -0.15) is 0 Å². The highest BCUT2D eigenvalue weighted by Gasteiger charge is 2.42. The molecular weight excluding hydrogens is 232 g/mol. The summed E-state index contributed by atoms with van der Waals surface area (Å²) in [5.41, 5.74) is -0.826. The molecule has 0 spiro atoms. The minimum absolute atomic E-state index is 0.100. The van der Waals surface area contributed by atoms with E-state index in [1.165, 1.54) is 7.11 Å². The molecule has 2 amide bonds. The van der Waals surface area contributed by atoms with E-state index in [1.54, 1.807) is 11.9 Å². The molecule has 0 aliphatic heterocycles. The predicted molar refractivity (Wildman–Crippen MR) is 69.3 cm³/mol. The minimum atomic E-state index is -0.826. The number of methoxy groups -OCH3 is 1. The molecular formula is C13H24N2O3. The van der Waals surface area contributed by atoms with Gasteiger partial charge in [-0.05, 0) is 26.7 Å². The zero-order valence-electron chi connectivity index (χ0n) is 11.8. The van der Waals surface area contributed by atoms with Gasteiger partial charge in [-0.3, -0.25) is 0 Å². The van der Waals surface area contributed by atoms with Crippen molar-refractivity contribution in [3.63, 3.8) is 0 Å². The molecule has 5 heteroatoms. The van der Waals surface area contributed by atoms with Crippen LogP contribution in [0.5, 0.6) is 0 Å². The van der Waals surface area contributed by atoms with E-state index in [2.05, 4.69) is 5.32 Å². The summed E-state index contributed by atoms with van der Waals surface area (Å²) in [5.74, 6) is -0.326. The summed E-state index contributed by atoms with van der Waals surface area (Å²) in [6.07, 6.45) is 4.32. The van der Waals surface area contributed by atoms with Gasteiger partial charge in [0.15, 0.2) is 0 Å². The minimum Gasteiger partial charge on any atom is -0.467 e. The fraction of sp³-hybridized carbons (Fsp3) is 0.846. The molecule has 1 aliphatic carbocycles. The van der Waals surface area contributed by atoms with Crippen LogP contribution in [0.3, 0.4) is 0 Å². The van der Waals surface area contributed by atoms with Crippen LogP contribution in [-0.2, 0) is 9.53 Å². The third-order valence-corrected chi connectivity index (χ3v) is 3.72. The normalized spacial score (nSPS) is 18.3. The molecule has 0 heterocycles. The highest BCUT2D eigenvalue weighted by Crippen LogP contribution is 2.29. The molecule has 0 atom stereocenters. The Kier molecular flexibility index (Phi) is 4.99. The number of urea groups is 1. The predicted octanol–water partition coefficient (Wildman–Crippen LogP) is 1.91. The molecule has 18 heavy (non-hydrogen) atoms. The molecule has 0 unspecified atom stereocenters. The molecule has 1 saturated carbocycles. The van der Waals surface area contributed by atoms with Crippen molar-refractivity contribution in [2.45, 2.75) is 57.5 Å². The van der Waals surface area contributed by atoms with Crippen LogP contribution in [0.4, 0.5) is 4.79 Å². The summed E-state index contributed by atoms with van der Waals surface area (Å²) < 4.78 is 4.86. The van der Waals surface area contributed by atoms with E-state index in [-0.39, 0.29) is 18.0 Å². The summed E-state index contributed by atoms with van der Waals surface area (Å²) in [7, 11) is 3.10. The van der Waals surface area contributed by atoms with Crippen molar-refractivity contribution in [3.8, 4) is 0 Å². The summed E-state index contributed by atoms with van der Waals surface area (Å²) in [6.45, 7) is 3.87. The van der Waals surface area contributed by atoms with Gasteiger partial charge < -0.3 is 15.0 Å². The molecule has 0 saturated heterocycles. The van der Waals surface area contributed by atoms with Gasteiger partial charge >= 0.3 is 12.0 Å². The number of amides is 2. The first-order chi connectivity index (χ1) is 8.43. The van der Waals surface area contributed by atoms with Gasteiger partial charge in [0.2, 0.25) is 0 Å². The molecule has 0 aromatic carbocycles. The van der Waals surface area contributed by atoms with Gasteiger partial charge in [-0.15, -0.1) is 0 Å². The number of rotatable bonds is 3. The third-order valence-electron chi connectivity index (χ3n) is 3.72. The van der Waals surface area contributed by atoms with Crippen LogP contribution < -0.4 is 5.32 Å². The largest absolute Gasteiger partial charge is 0.467 e. The highest BCUT2D eigenvalue weighted by atomic mass is 16.5. The Labute approximate surface area is 109 Å². The topological polar surface area (TPSA) is 58.6 Å². The molecule has 1 fully saturated rings. The third kappa shape index (κ3) is 3.15. The number of nitrogens with zero attached hydrogens (tertiary/aromatic N) is 1. The maximum atomic E-state index is 12.1. The van der Waals surface area contributed by atoms with Gasteiger partial charge in [0.25, 0.3) is 0 Å². The Bertz CT molecular complexity index is 309. The van der Waals surface area contributed by atoms with Gasteiger partial charge in [0.05, 0.1) is 7.11 Å². The molecule has 1 N–H and O–H groups in total. The molecule has 0 aromatic heterocycles. The molecule has 0 radical (unpaired) electrons. The lowest BCUT2D eigenvalue weighted by atomic mass is 9.81. The van der Waals surface area contributed by atoms with Crippen molar-refractivity contribution in [1.29, 1.82) is 0 Å². The van der Waals surface area contributed by atoms with E-state index in [9.17, 15) is 9.59 Å². The number of ether oxygens (including phenoxy) is 1. The summed E-state index contributed by atoms with van der Waals surface area (Å²) in [5, 5.41) is 2.88. The monoisotopic (exact) mass is 256 g/mol. The van der Waals surface area contributed by atoms with E-state index < -0.39 is 5.54 Å². The molecule has 0 bridgehead atoms. The van der Waals surface area contributed by atoms with Crippen molar-refractivity contribution >= 4 is 12.0 Å². The van der Waals surface area contributed by atoms with Crippen molar-refractivity contribution in [2.24, 2.45) is 0 Å². The first-order valence-corrected chi connectivity index (χ1v) is 6.56. The Balaban J connectivity index is 2.79. The molecule has 1 aliphatic rings. The maximum Gasteiger partial charge on any atom is 0.331 e. The lowest BCUT2D eigenvalue weighted by molar-refractivity contribution is -0.149. The van der Waals surface area contributed by atoms with Crippen LogP contribution in [0, 0.1) is 0 Å². The second-order valence-corrected chi connectivity index (χ2v) is 5.27. The van der Waals surface area contributed by atoms with E-state index in [4.69, 9.17) is 4.74 Å². The van der Waals surface area contributed by atoms with Crippen molar-refractivity contribution < 1.29 is 14.3 Å². The average molecular weight is 256 g/mol. The number of carbonyl (C=O) groups excluding carboxylic acids is 2. The SMILES string of the molecule is COC(=O)C1(NC(=O)N(C)C(C)C)CCCCC1. The van der Waals surface area contributed by atoms with Crippen LogP contribution in [0.2, 0.25) is 0 Å². The van der Waals surface area contributed by atoms with Gasteiger partial charge in [-0.1, -0.05) is 19.3 Å². The Morgan fingerprint density at radius 1 is 1.22 bits per heavy atom. The number of nitrogens with one attached hydrogen (secondary N) is 1. The second-order valence-electron chi connectivity index (χ2n) is 5.27. The van der Waals surface area contributed by atoms with E-state index in [1.807, 2.05) is 13.8 Å². The van der Waals surface area contributed by atoms with Crippen LogP contribution in [0.1, 0.15) is 46.0 Å². The average Bonchev–Trinajstić information content (AvgIpc) is 2.37. The lowest BCUT2D eigenvalue weighted by Gasteiger charge is -2.37. The van der Waals surface area contributed by atoms with Crippen LogP contribution >= 0.6 is 0 Å². The first kappa shape index (κ1) is 14.8. The van der Waals surface area contributed by atoms with E-state index in [0.717, 1.165) is 19.3 Å². The number of hydrogen-bond donors (Lipinski definition) is 1. The van der Waals surface area contributed by atoms with Crippen LogP contribution in [0.25, 0.3) is 0 Å². The Morgan fingerprint density at radius 2 is 1.78 bits per heavy atom. The maximum absolute atomic E-state index is 12.1. The summed E-state index contributed by atoms with van der Waals surface area (Å²) in [6, 6.07) is -0.111. The van der Waals surface area contributed by atoms with Crippen LogP contribution in [0.15, 0.2) is 0 Å². The zero-order chi connectivity index (χ0) is 13.8. The fourth-order valence-electron chi connectivity index (χ4n) is 2.26. The van der Waals surface area contributed by atoms with Crippen LogP contribution in [-0.4, -0.2) is 42.6 Å². The first-order valence-electron chi connectivity index (χ1n) is 6.56. The van der Waals surface area contributed by atoms with Crippen molar-refractivity contribution in [3.05, 3.63) is 0 Å². The van der Waals surface area contributed by atoms with E-state index >= 15 is 0 Å². The van der Waals surface area contributed by atoms with Crippen molar-refractivity contribution in [1.82, 2.24) is 10.2 Å². The summed E-state index contributed by atoms with van der Waals surface area (Å²) >= 11 is 0. The Morgan fingerprint density at radius 3 is 2.22 bits per heavy atom. The lowest BCUT2D eigenvalue weighted by Crippen LogP contribution is -2.59. The highest BCUT2D eigenvalue weighted by molar-refractivity contribution is 5.87. The molecule has 0 aromatic rings. The van der Waals surface area contributed by atoms with E-state index in [0.29, 0.717) is 12.8 Å². The summed E-state index contributed by atoms with van der Waals surface area (Å²) in [4.78, 5) is 25.6. The zero-order valence-corrected chi connectivity index (χ0v) is 11.8. The Hall–Kier alpha value is -1.26. The molecule has 1 rings (SSSR count). The second kappa shape index (κ2) is 6.07. The smallest absolute Gasteiger partial charge is 0.331 e. The van der Waals surface area contributed by atoms with Gasteiger partial charge in [0, 0.05) is 13.1 Å². The standard InChI is InChI=1S/C13H24N2O3/c1-10(2)15(3)12(17)14-13(11(16)18-4)8-6-5-7-9-13/h10H,5-9H2,1-4H3,(H,14,17). The van der Waals surface area contributed by atoms with Gasteiger partial charge in [0.1, 0.15) is 5.54 Å². The number of esters is 1. The quantitative estimate of drug-likeness (QED) is 0.785. The van der Waals surface area contributed by atoms with Crippen molar-refractivity contribution in [2.75, 3.05) is 14.2 Å². The number of hydrogen-bond acceptors (Lipinski definition) is 3.